The predicted octanol–water partition coefficient (Wildman–Crippen LogP) is 3.01. The molecule has 0 aliphatic carbocycles. The van der Waals surface area contributed by atoms with Crippen LogP contribution in [0.15, 0.2) is 29.8 Å². The number of hydrogen-bond donors (Lipinski definition) is 1. The molecule has 102 valence electrons. The molecular weight excluding hydrogens is 256 g/mol. The van der Waals surface area contributed by atoms with Crippen molar-refractivity contribution >= 4 is 17.2 Å². The lowest BCUT2D eigenvalue weighted by atomic mass is 10.1. The molecule has 2 aromatic rings. The first-order valence-electron chi connectivity index (χ1n) is 6.43. The highest BCUT2D eigenvalue weighted by molar-refractivity contribution is 7.09. The van der Waals surface area contributed by atoms with Crippen LogP contribution in [0.4, 0.5) is 5.82 Å². The van der Waals surface area contributed by atoms with E-state index in [0.29, 0.717) is 6.04 Å². The molecule has 19 heavy (non-hydrogen) atoms. The second kappa shape index (κ2) is 6.17. The van der Waals surface area contributed by atoms with E-state index in [-0.39, 0.29) is 6.61 Å². The van der Waals surface area contributed by atoms with E-state index in [2.05, 4.69) is 41.4 Å². The molecule has 0 aromatic carbocycles. The van der Waals surface area contributed by atoms with E-state index < -0.39 is 0 Å². The average Bonchev–Trinajstić information content (AvgIpc) is 2.90. The summed E-state index contributed by atoms with van der Waals surface area (Å²) in [6.07, 6.45) is 2.77. The molecule has 3 nitrogen and oxygen atoms in total. The Kier molecular flexibility index (Phi) is 4.56. The Bertz CT molecular complexity index is 525. The highest BCUT2D eigenvalue weighted by Crippen LogP contribution is 2.21. The number of nitrogens with zero attached hydrogens (tertiary/aromatic N) is 2. The molecule has 1 N–H and O–H groups in total. The zero-order chi connectivity index (χ0) is 13.8. The fourth-order valence-corrected chi connectivity index (χ4v) is 2.97. The van der Waals surface area contributed by atoms with Gasteiger partial charge in [-0.25, -0.2) is 4.98 Å². The van der Waals surface area contributed by atoms with Crippen LogP contribution in [0.3, 0.4) is 0 Å². The lowest BCUT2D eigenvalue weighted by molar-refractivity contribution is 0.281. The fourth-order valence-electron chi connectivity index (χ4n) is 2.15. The second-order valence-corrected chi connectivity index (χ2v) is 5.92. The molecule has 0 radical (unpaired) electrons. The Morgan fingerprint density at radius 2 is 2.26 bits per heavy atom. The first-order valence-corrected chi connectivity index (χ1v) is 7.31. The van der Waals surface area contributed by atoms with E-state index in [0.717, 1.165) is 23.4 Å². The molecule has 2 heterocycles. The van der Waals surface area contributed by atoms with Crippen LogP contribution in [0.25, 0.3) is 0 Å². The van der Waals surface area contributed by atoms with Gasteiger partial charge in [-0.15, -0.1) is 11.3 Å². The number of rotatable bonds is 5. The van der Waals surface area contributed by atoms with Crippen LogP contribution >= 0.6 is 11.3 Å². The lowest BCUT2D eigenvalue weighted by Gasteiger charge is -2.27. The molecule has 0 aliphatic heterocycles. The van der Waals surface area contributed by atoms with Crippen molar-refractivity contribution in [1.29, 1.82) is 0 Å². The lowest BCUT2D eigenvalue weighted by Crippen LogP contribution is -2.31. The molecule has 0 saturated heterocycles. The minimum absolute atomic E-state index is 0.0442. The molecular formula is C15H20N2OS. The molecule has 4 heteroatoms. The summed E-state index contributed by atoms with van der Waals surface area (Å²) in [5.74, 6) is 0.987. The smallest absolute Gasteiger partial charge is 0.131 e. The van der Waals surface area contributed by atoms with E-state index in [1.54, 1.807) is 17.5 Å². The zero-order valence-corrected chi connectivity index (χ0v) is 12.4. The molecule has 0 aliphatic rings. The van der Waals surface area contributed by atoms with Gasteiger partial charge in [-0.1, -0.05) is 6.07 Å². The minimum atomic E-state index is 0.0442. The second-order valence-electron chi connectivity index (χ2n) is 4.89. The Hall–Kier alpha value is -1.39. The van der Waals surface area contributed by atoms with Gasteiger partial charge in [0.2, 0.25) is 0 Å². The first-order chi connectivity index (χ1) is 9.11. The number of anilines is 1. The molecule has 2 rings (SSSR count). The fraction of sp³-hybridized carbons (Fsp3) is 0.400. The molecule has 2 aromatic heterocycles. The van der Waals surface area contributed by atoms with Crippen molar-refractivity contribution in [2.24, 2.45) is 0 Å². The van der Waals surface area contributed by atoms with E-state index in [4.69, 9.17) is 5.11 Å². The van der Waals surface area contributed by atoms with Crippen molar-refractivity contribution in [2.75, 3.05) is 11.9 Å². The molecule has 0 fully saturated rings. The van der Waals surface area contributed by atoms with Gasteiger partial charge < -0.3 is 10.0 Å². The maximum Gasteiger partial charge on any atom is 0.131 e. The SMILES string of the molecule is Cc1cc(CO)cnc1N(C)C(C)Cc1cccs1. The third-order valence-corrected chi connectivity index (χ3v) is 4.26. The highest BCUT2D eigenvalue weighted by Gasteiger charge is 2.14. The summed E-state index contributed by atoms with van der Waals surface area (Å²) < 4.78 is 0. The van der Waals surface area contributed by atoms with Crippen molar-refractivity contribution in [3.8, 4) is 0 Å². The predicted molar refractivity (Wildman–Crippen MR) is 80.8 cm³/mol. The zero-order valence-electron chi connectivity index (χ0n) is 11.6. The average molecular weight is 276 g/mol. The van der Waals surface area contributed by atoms with Crippen molar-refractivity contribution in [1.82, 2.24) is 4.98 Å². The summed E-state index contributed by atoms with van der Waals surface area (Å²) in [5.41, 5.74) is 1.97. The molecule has 0 saturated carbocycles. The van der Waals surface area contributed by atoms with Gasteiger partial charge >= 0.3 is 0 Å². The number of likely N-dealkylation sites (N-methyl/N-ethyl adjacent to an activating group) is 1. The van der Waals surface area contributed by atoms with Gasteiger partial charge in [0.1, 0.15) is 5.82 Å². The van der Waals surface area contributed by atoms with Gasteiger partial charge in [0.05, 0.1) is 6.61 Å². The maximum absolute atomic E-state index is 9.12. The Morgan fingerprint density at radius 1 is 1.47 bits per heavy atom. The topological polar surface area (TPSA) is 36.4 Å². The number of aliphatic hydroxyl groups is 1. The van der Waals surface area contributed by atoms with Crippen LogP contribution in [0, 0.1) is 6.92 Å². The number of pyridine rings is 1. The van der Waals surface area contributed by atoms with Gasteiger partial charge in [-0.05, 0) is 42.5 Å². The van der Waals surface area contributed by atoms with E-state index in [1.807, 2.05) is 13.0 Å². The number of hydrogen-bond acceptors (Lipinski definition) is 4. The summed E-state index contributed by atoms with van der Waals surface area (Å²) in [6, 6.07) is 6.65. The first kappa shape index (κ1) is 14.0. The highest BCUT2D eigenvalue weighted by atomic mass is 32.1. The van der Waals surface area contributed by atoms with Crippen LogP contribution in [0.2, 0.25) is 0 Å². The van der Waals surface area contributed by atoms with Gasteiger partial charge in [0, 0.05) is 30.6 Å². The summed E-state index contributed by atoms with van der Waals surface area (Å²) >= 11 is 1.79. The number of aliphatic hydroxyl groups excluding tert-OH is 1. The summed E-state index contributed by atoms with van der Waals surface area (Å²) in [5, 5.41) is 11.2. The van der Waals surface area contributed by atoms with Crippen molar-refractivity contribution in [3.05, 3.63) is 45.8 Å². The van der Waals surface area contributed by atoms with Crippen LogP contribution in [0.5, 0.6) is 0 Å². The Balaban J connectivity index is 2.12. The minimum Gasteiger partial charge on any atom is -0.392 e. The largest absolute Gasteiger partial charge is 0.392 e. The molecule has 1 unspecified atom stereocenters. The summed E-state index contributed by atoms with van der Waals surface area (Å²) in [4.78, 5) is 8.07. The third-order valence-electron chi connectivity index (χ3n) is 3.36. The maximum atomic E-state index is 9.12. The summed E-state index contributed by atoms with van der Waals surface area (Å²) in [7, 11) is 2.08. The van der Waals surface area contributed by atoms with Crippen molar-refractivity contribution < 1.29 is 5.11 Å². The quantitative estimate of drug-likeness (QED) is 0.912. The summed E-state index contributed by atoms with van der Waals surface area (Å²) in [6.45, 7) is 4.29. The van der Waals surface area contributed by atoms with Crippen molar-refractivity contribution in [3.63, 3.8) is 0 Å². The number of thiophene rings is 1. The standard InChI is InChI=1S/C15H20N2OS/c1-11-7-13(10-18)9-16-15(11)17(3)12(2)8-14-5-4-6-19-14/h4-7,9,12,18H,8,10H2,1-3H3. The van der Waals surface area contributed by atoms with E-state index >= 15 is 0 Å². The molecule has 0 bridgehead atoms. The van der Waals surface area contributed by atoms with Crippen molar-refractivity contribution in [2.45, 2.75) is 32.9 Å². The van der Waals surface area contributed by atoms with Gasteiger partial charge in [0.25, 0.3) is 0 Å². The van der Waals surface area contributed by atoms with Gasteiger partial charge in [0.15, 0.2) is 0 Å². The Morgan fingerprint density at radius 3 is 2.84 bits per heavy atom. The van der Waals surface area contributed by atoms with Crippen LogP contribution in [0.1, 0.15) is 22.9 Å². The van der Waals surface area contributed by atoms with E-state index in [9.17, 15) is 0 Å². The van der Waals surface area contributed by atoms with E-state index in [1.165, 1.54) is 4.88 Å². The molecule has 0 spiro atoms. The third kappa shape index (κ3) is 3.33. The van der Waals surface area contributed by atoms with Gasteiger partial charge in [-0.3, -0.25) is 0 Å². The monoisotopic (exact) mass is 276 g/mol. The van der Waals surface area contributed by atoms with Crippen LogP contribution in [-0.2, 0) is 13.0 Å². The molecule has 1 atom stereocenters. The number of aryl methyl sites for hydroxylation is 1. The van der Waals surface area contributed by atoms with Gasteiger partial charge in [-0.2, -0.15) is 0 Å². The normalized spacial score (nSPS) is 12.4. The molecule has 0 amide bonds. The van der Waals surface area contributed by atoms with Crippen LogP contribution in [-0.4, -0.2) is 23.2 Å². The van der Waals surface area contributed by atoms with Crippen LogP contribution < -0.4 is 4.90 Å². The Labute approximate surface area is 118 Å². The number of aromatic nitrogens is 1.